The minimum absolute atomic E-state index is 0.0213. The molecule has 44 heavy (non-hydrogen) atoms. The number of piperidine rings is 1. The van der Waals surface area contributed by atoms with Crippen LogP contribution in [0.5, 0.6) is 0 Å². The SMILES string of the molecule is CC(C)(C)OC(=O)N1CCC(CN(C(=O)OOCc2ccccc2)[C@H](Cc2ccccc2)C(=O)N2CCC[C@H]2C(N)=O)CC1. The van der Waals surface area contributed by atoms with Crippen molar-refractivity contribution in [2.75, 3.05) is 26.2 Å². The number of benzene rings is 2. The first-order chi connectivity index (χ1) is 21.0. The number of primary amides is 1. The second kappa shape index (κ2) is 15.1. The lowest BCUT2D eigenvalue weighted by atomic mass is 9.94. The normalized spacial score (nSPS) is 18.0. The number of nitrogens with zero attached hydrogens (tertiary/aromatic N) is 3. The molecule has 0 unspecified atom stereocenters. The quantitative estimate of drug-likeness (QED) is 0.314. The third-order valence-electron chi connectivity index (χ3n) is 7.95. The number of hydrogen-bond donors (Lipinski definition) is 1. The van der Waals surface area contributed by atoms with E-state index in [0.717, 1.165) is 11.1 Å². The van der Waals surface area contributed by atoms with E-state index in [1.165, 1.54) is 9.80 Å². The molecule has 2 atom stereocenters. The van der Waals surface area contributed by atoms with Crippen molar-refractivity contribution in [2.24, 2.45) is 11.7 Å². The van der Waals surface area contributed by atoms with Gasteiger partial charge in [0.25, 0.3) is 0 Å². The van der Waals surface area contributed by atoms with Crippen LogP contribution in [0.15, 0.2) is 60.7 Å². The van der Waals surface area contributed by atoms with E-state index in [2.05, 4.69) is 0 Å². The number of carbonyl (C=O) groups excluding carboxylic acids is 4. The van der Waals surface area contributed by atoms with Crippen molar-refractivity contribution in [3.8, 4) is 0 Å². The lowest BCUT2D eigenvalue weighted by Gasteiger charge is -2.38. The van der Waals surface area contributed by atoms with Gasteiger partial charge in [-0.05, 0) is 63.5 Å². The van der Waals surface area contributed by atoms with Crippen LogP contribution in [0.2, 0.25) is 0 Å². The van der Waals surface area contributed by atoms with Gasteiger partial charge in [-0.2, -0.15) is 4.89 Å². The molecule has 0 spiro atoms. The molecule has 238 valence electrons. The third-order valence-corrected chi connectivity index (χ3v) is 7.95. The number of rotatable bonds is 10. The smallest absolute Gasteiger partial charge is 0.441 e. The van der Waals surface area contributed by atoms with E-state index in [4.69, 9.17) is 20.2 Å². The van der Waals surface area contributed by atoms with Crippen molar-refractivity contribution in [1.29, 1.82) is 0 Å². The van der Waals surface area contributed by atoms with Gasteiger partial charge in [-0.15, -0.1) is 0 Å². The molecule has 4 rings (SSSR count). The fraction of sp³-hybridized carbons (Fsp3) is 0.515. The van der Waals surface area contributed by atoms with E-state index >= 15 is 0 Å². The Kier molecular flexibility index (Phi) is 11.2. The predicted octanol–water partition coefficient (Wildman–Crippen LogP) is 4.29. The first-order valence-electron chi connectivity index (χ1n) is 15.3. The Balaban J connectivity index is 1.55. The van der Waals surface area contributed by atoms with Gasteiger partial charge in [0.05, 0.1) is 0 Å². The molecule has 11 heteroatoms. The molecule has 2 fully saturated rings. The van der Waals surface area contributed by atoms with Crippen LogP contribution >= 0.6 is 0 Å². The molecular formula is C33H44N4O7. The maximum absolute atomic E-state index is 14.2. The molecule has 2 aromatic rings. The second-order valence-electron chi connectivity index (χ2n) is 12.5. The number of carbonyl (C=O) groups is 4. The summed E-state index contributed by atoms with van der Waals surface area (Å²) in [6, 6.07) is 17.0. The molecule has 0 radical (unpaired) electrons. The molecule has 4 amide bonds. The summed E-state index contributed by atoms with van der Waals surface area (Å²) in [5.41, 5.74) is 6.73. The van der Waals surface area contributed by atoms with Crippen LogP contribution in [0.3, 0.4) is 0 Å². The van der Waals surface area contributed by atoms with E-state index in [0.29, 0.717) is 45.3 Å². The average molecular weight is 609 g/mol. The predicted molar refractivity (Wildman–Crippen MR) is 163 cm³/mol. The van der Waals surface area contributed by atoms with Gasteiger partial charge in [-0.25, -0.2) is 9.59 Å². The Labute approximate surface area is 259 Å². The number of ether oxygens (including phenoxy) is 1. The van der Waals surface area contributed by atoms with Crippen LogP contribution in [-0.2, 0) is 37.1 Å². The highest BCUT2D eigenvalue weighted by molar-refractivity contribution is 5.91. The number of hydrogen-bond acceptors (Lipinski definition) is 7. The van der Waals surface area contributed by atoms with E-state index < -0.39 is 29.7 Å². The summed E-state index contributed by atoms with van der Waals surface area (Å²) in [6.07, 6.45) is 1.39. The zero-order chi connectivity index (χ0) is 31.7. The summed E-state index contributed by atoms with van der Waals surface area (Å²) >= 11 is 0. The Morgan fingerprint density at radius 1 is 0.909 bits per heavy atom. The first kappa shape index (κ1) is 32.8. The van der Waals surface area contributed by atoms with Crippen LogP contribution < -0.4 is 5.73 Å². The lowest BCUT2D eigenvalue weighted by Crippen LogP contribution is -2.56. The molecule has 2 aromatic carbocycles. The zero-order valence-corrected chi connectivity index (χ0v) is 25.9. The summed E-state index contributed by atoms with van der Waals surface area (Å²) in [6.45, 7) is 7.02. The Morgan fingerprint density at radius 2 is 1.52 bits per heavy atom. The van der Waals surface area contributed by atoms with Gasteiger partial charge in [0, 0.05) is 32.6 Å². The highest BCUT2D eigenvalue weighted by Gasteiger charge is 2.41. The van der Waals surface area contributed by atoms with E-state index in [1.807, 2.05) is 81.4 Å². The summed E-state index contributed by atoms with van der Waals surface area (Å²) in [7, 11) is 0. The minimum Gasteiger partial charge on any atom is -0.444 e. The standard InChI is InChI=1S/C33H44N4O7/c1-33(2,3)43-31(40)35-19-16-25(17-20-35)22-37(32(41)44-42-23-26-13-8-5-9-14-26)28(21-24-11-6-4-7-12-24)30(39)36-18-10-15-27(36)29(34)38/h4-9,11-14,25,27-28H,10,15-23H2,1-3H3,(H2,34,38)/t27-,28+/m0/s1. The topological polar surface area (TPSA) is 132 Å². The van der Waals surface area contributed by atoms with Gasteiger partial charge >= 0.3 is 12.2 Å². The van der Waals surface area contributed by atoms with Gasteiger partial charge in [0.2, 0.25) is 11.8 Å². The van der Waals surface area contributed by atoms with Crippen molar-refractivity contribution >= 4 is 24.0 Å². The van der Waals surface area contributed by atoms with Crippen molar-refractivity contribution in [1.82, 2.24) is 14.7 Å². The molecule has 2 saturated heterocycles. The highest BCUT2D eigenvalue weighted by atomic mass is 17.2. The van der Waals surface area contributed by atoms with Gasteiger partial charge in [-0.1, -0.05) is 60.7 Å². The lowest BCUT2D eigenvalue weighted by molar-refractivity contribution is -0.257. The maximum atomic E-state index is 14.2. The monoisotopic (exact) mass is 608 g/mol. The van der Waals surface area contributed by atoms with Crippen LogP contribution in [0, 0.1) is 5.92 Å². The van der Waals surface area contributed by atoms with Crippen LogP contribution in [-0.4, -0.2) is 82.6 Å². The molecule has 0 bridgehead atoms. The molecule has 0 saturated carbocycles. The van der Waals surface area contributed by atoms with Crippen LogP contribution in [0.1, 0.15) is 57.6 Å². The molecule has 2 aliphatic heterocycles. The largest absolute Gasteiger partial charge is 0.444 e. The maximum Gasteiger partial charge on any atom is 0.441 e. The van der Waals surface area contributed by atoms with Crippen molar-refractivity contribution in [3.63, 3.8) is 0 Å². The zero-order valence-electron chi connectivity index (χ0n) is 25.9. The van der Waals surface area contributed by atoms with Gasteiger partial charge < -0.3 is 20.3 Å². The minimum atomic E-state index is -0.964. The van der Waals surface area contributed by atoms with Gasteiger partial charge in [0.1, 0.15) is 24.3 Å². The third kappa shape index (κ3) is 9.19. The Bertz CT molecular complexity index is 1260. The van der Waals surface area contributed by atoms with Crippen molar-refractivity contribution < 1.29 is 33.7 Å². The number of amides is 4. The summed E-state index contributed by atoms with van der Waals surface area (Å²) < 4.78 is 5.53. The fourth-order valence-electron chi connectivity index (χ4n) is 5.69. The van der Waals surface area contributed by atoms with Crippen LogP contribution in [0.25, 0.3) is 0 Å². The van der Waals surface area contributed by atoms with E-state index in [1.54, 1.807) is 4.90 Å². The van der Waals surface area contributed by atoms with Gasteiger partial charge in [-0.3, -0.25) is 19.4 Å². The summed E-state index contributed by atoms with van der Waals surface area (Å²) in [5.74, 6) is -0.947. The molecule has 0 aromatic heterocycles. The average Bonchev–Trinajstić information content (AvgIpc) is 3.50. The van der Waals surface area contributed by atoms with Gasteiger partial charge in [0.15, 0.2) is 0 Å². The Morgan fingerprint density at radius 3 is 2.11 bits per heavy atom. The van der Waals surface area contributed by atoms with E-state index in [-0.39, 0.29) is 37.5 Å². The molecular weight excluding hydrogens is 564 g/mol. The molecule has 11 nitrogen and oxygen atoms in total. The number of likely N-dealkylation sites (tertiary alicyclic amines) is 2. The molecule has 2 N–H and O–H groups in total. The first-order valence-corrected chi connectivity index (χ1v) is 15.3. The Hall–Kier alpha value is -4.12. The summed E-state index contributed by atoms with van der Waals surface area (Å²) in [4.78, 5) is 68.0. The molecule has 2 aliphatic rings. The van der Waals surface area contributed by atoms with Crippen LogP contribution in [0.4, 0.5) is 9.59 Å². The second-order valence-corrected chi connectivity index (χ2v) is 12.5. The molecule has 0 aliphatic carbocycles. The molecule has 2 heterocycles. The highest BCUT2D eigenvalue weighted by Crippen LogP contribution is 2.26. The number of nitrogens with two attached hydrogens (primary N) is 1. The summed E-state index contributed by atoms with van der Waals surface area (Å²) in [5, 5.41) is 0. The fourth-order valence-corrected chi connectivity index (χ4v) is 5.69. The van der Waals surface area contributed by atoms with Crippen molar-refractivity contribution in [3.05, 3.63) is 71.8 Å². The van der Waals surface area contributed by atoms with E-state index in [9.17, 15) is 19.2 Å². The van der Waals surface area contributed by atoms with Crippen molar-refractivity contribution in [2.45, 2.75) is 77.2 Å².